The summed E-state index contributed by atoms with van der Waals surface area (Å²) in [6, 6.07) is 13.5. The first-order chi connectivity index (χ1) is 16.0. The van der Waals surface area contributed by atoms with Crippen LogP contribution in [0.2, 0.25) is 0 Å². The van der Waals surface area contributed by atoms with E-state index in [4.69, 9.17) is 10.2 Å². The molecular formula is C25H26FN5O2. The van der Waals surface area contributed by atoms with E-state index >= 15 is 0 Å². The number of hydrogen-bond acceptors (Lipinski definition) is 6. The summed E-state index contributed by atoms with van der Waals surface area (Å²) in [6.07, 6.45) is 1.86. The quantitative estimate of drug-likeness (QED) is 0.625. The number of aliphatic hydroxyl groups is 1. The lowest BCUT2D eigenvalue weighted by molar-refractivity contribution is 0.282. The van der Waals surface area contributed by atoms with E-state index in [0.29, 0.717) is 34.4 Å². The third-order valence-electron chi connectivity index (χ3n) is 6.24. The Morgan fingerprint density at radius 1 is 1.18 bits per heavy atom. The van der Waals surface area contributed by atoms with Crippen LogP contribution in [0.4, 0.5) is 10.3 Å². The molecule has 2 N–H and O–H groups in total. The molecule has 0 spiro atoms. The van der Waals surface area contributed by atoms with E-state index in [9.17, 15) is 14.3 Å². The SMILES string of the molecule is CNC1CCN(c2nc(-c3ccc(C#N)c(F)c3)c(-c3ccc(CO)cc3)c(=O)n2C)CC1. The fourth-order valence-corrected chi connectivity index (χ4v) is 4.24. The van der Waals surface area contributed by atoms with E-state index in [2.05, 4.69) is 10.2 Å². The Morgan fingerprint density at radius 3 is 2.42 bits per heavy atom. The van der Waals surface area contributed by atoms with Crippen LogP contribution in [0.15, 0.2) is 47.3 Å². The number of nitrogens with zero attached hydrogens (tertiary/aromatic N) is 4. The highest BCUT2D eigenvalue weighted by Gasteiger charge is 2.25. The first kappa shape index (κ1) is 22.6. The van der Waals surface area contributed by atoms with Gasteiger partial charge in [0.1, 0.15) is 11.9 Å². The summed E-state index contributed by atoms with van der Waals surface area (Å²) >= 11 is 0. The smallest absolute Gasteiger partial charge is 0.263 e. The van der Waals surface area contributed by atoms with Crippen molar-refractivity contribution in [3.8, 4) is 28.5 Å². The molecule has 2 aromatic carbocycles. The number of anilines is 1. The van der Waals surface area contributed by atoms with Gasteiger partial charge in [0.2, 0.25) is 5.95 Å². The maximum absolute atomic E-state index is 14.5. The summed E-state index contributed by atoms with van der Waals surface area (Å²) in [6.45, 7) is 1.39. The zero-order valence-electron chi connectivity index (χ0n) is 18.7. The molecule has 0 aliphatic carbocycles. The van der Waals surface area contributed by atoms with Gasteiger partial charge in [-0.25, -0.2) is 9.37 Å². The number of nitrogens with one attached hydrogen (secondary N) is 1. The molecular weight excluding hydrogens is 421 g/mol. The molecule has 3 aromatic rings. The third kappa shape index (κ3) is 4.38. The molecule has 1 aliphatic rings. The minimum Gasteiger partial charge on any atom is -0.392 e. The Kier molecular flexibility index (Phi) is 6.54. The van der Waals surface area contributed by atoms with Crippen LogP contribution < -0.4 is 15.8 Å². The monoisotopic (exact) mass is 447 g/mol. The van der Waals surface area contributed by atoms with Crippen molar-refractivity contribution in [3.05, 3.63) is 69.8 Å². The highest BCUT2D eigenvalue weighted by molar-refractivity contribution is 5.81. The molecule has 33 heavy (non-hydrogen) atoms. The number of piperidine rings is 1. The van der Waals surface area contributed by atoms with Crippen LogP contribution in [0.1, 0.15) is 24.0 Å². The maximum atomic E-state index is 14.5. The minimum absolute atomic E-state index is 0.0641. The Balaban J connectivity index is 1.90. The van der Waals surface area contributed by atoms with Crippen LogP contribution in [0.25, 0.3) is 22.4 Å². The van der Waals surface area contributed by atoms with Crippen LogP contribution in [-0.4, -0.2) is 40.8 Å². The maximum Gasteiger partial charge on any atom is 0.263 e. The third-order valence-corrected chi connectivity index (χ3v) is 6.24. The lowest BCUT2D eigenvalue weighted by atomic mass is 9.98. The molecule has 7 nitrogen and oxygen atoms in total. The van der Waals surface area contributed by atoms with E-state index in [1.54, 1.807) is 41.9 Å². The molecule has 1 aliphatic heterocycles. The first-order valence-corrected chi connectivity index (χ1v) is 10.9. The van der Waals surface area contributed by atoms with Gasteiger partial charge in [0.05, 0.1) is 23.4 Å². The number of aromatic nitrogens is 2. The van der Waals surface area contributed by atoms with E-state index in [0.717, 1.165) is 31.5 Å². The van der Waals surface area contributed by atoms with Crippen molar-refractivity contribution in [2.24, 2.45) is 7.05 Å². The Bertz CT molecular complexity index is 1260. The predicted octanol–water partition coefficient (Wildman–Crippen LogP) is 2.81. The van der Waals surface area contributed by atoms with Crippen molar-refractivity contribution in [2.45, 2.75) is 25.5 Å². The van der Waals surface area contributed by atoms with Gasteiger partial charge in [0, 0.05) is 31.7 Å². The number of benzene rings is 2. The van der Waals surface area contributed by atoms with Crippen molar-refractivity contribution in [3.63, 3.8) is 0 Å². The predicted molar refractivity (Wildman–Crippen MR) is 125 cm³/mol. The lowest BCUT2D eigenvalue weighted by Gasteiger charge is -2.33. The van der Waals surface area contributed by atoms with Gasteiger partial charge in [-0.3, -0.25) is 9.36 Å². The van der Waals surface area contributed by atoms with Gasteiger partial charge in [0.25, 0.3) is 5.56 Å². The van der Waals surface area contributed by atoms with E-state index in [1.165, 1.54) is 12.1 Å². The average Bonchev–Trinajstić information content (AvgIpc) is 2.85. The van der Waals surface area contributed by atoms with Crippen LogP contribution >= 0.6 is 0 Å². The van der Waals surface area contributed by atoms with Crippen molar-refractivity contribution in [1.29, 1.82) is 5.26 Å². The van der Waals surface area contributed by atoms with Gasteiger partial charge in [-0.1, -0.05) is 30.3 Å². The Hall–Kier alpha value is -3.54. The standard InChI is InChI=1S/C25H26FN5O2/c1-28-20-9-11-31(12-10-20)25-29-23(18-7-8-19(14-27)21(26)13-18)22(24(33)30(25)2)17-5-3-16(15-32)4-6-17/h3-8,13,20,28,32H,9-12,15H2,1-2H3. The van der Waals surface area contributed by atoms with Crippen molar-refractivity contribution >= 4 is 5.95 Å². The summed E-state index contributed by atoms with van der Waals surface area (Å²) in [4.78, 5) is 20.5. The zero-order chi connectivity index (χ0) is 23.5. The first-order valence-electron chi connectivity index (χ1n) is 10.9. The second-order valence-electron chi connectivity index (χ2n) is 8.21. The van der Waals surface area contributed by atoms with Crippen LogP contribution in [0, 0.1) is 17.1 Å². The van der Waals surface area contributed by atoms with Crippen LogP contribution in [0.3, 0.4) is 0 Å². The number of nitriles is 1. The summed E-state index contributed by atoms with van der Waals surface area (Å²) < 4.78 is 16.0. The second kappa shape index (κ2) is 9.53. The van der Waals surface area contributed by atoms with E-state index < -0.39 is 5.82 Å². The second-order valence-corrected chi connectivity index (χ2v) is 8.21. The normalized spacial score (nSPS) is 14.3. The highest BCUT2D eigenvalue weighted by atomic mass is 19.1. The molecule has 0 amide bonds. The molecule has 0 bridgehead atoms. The Labute approximate surface area is 191 Å². The van der Waals surface area contributed by atoms with E-state index in [-0.39, 0.29) is 17.7 Å². The van der Waals surface area contributed by atoms with E-state index in [1.807, 2.05) is 13.1 Å². The summed E-state index contributed by atoms with van der Waals surface area (Å²) in [5.74, 6) is -0.125. The molecule has 1 fully saturated rings. The molecule has 170 valence electrons. The average molecular weight is 448 g/mol. The van der Waals surface area contributed by atoms with Gasteiger partial charge in [-0.05, 0) is 43.1 Å². The topological polar surface area (TPSA) is 94.2 Å². The highest BCUT2D eigenvalue weighted by Crippen LogP contribution is 2.31. The molecule has 2 heterocycles. The summed E-state index contributed by atoms with van der Waals surface area (Å²) in [5, 5.41) is 21.8. The molecule has 1 aromatic heterocycles. The molecule has 0 atom stereocenters. The molecule has 0 saturated carbocycles. The number of halogens is 1. The fraction of sp³-hybridized carbons (Fsp3) is 0.320. The number of hydrogen-bond donors (Lipinski definition) is 2. The van der Waals surface area contributed by atoms with Crippen LogP contribution in [-0.2, 0) is 13.7 Å². The molecule has 0 unspecified atom stereocenters. The molecule has 0 radical (unpaired) electrons. The molecule has 8 heteroatoms. The zero-order valence-corrected chi connectivity index (χ0v) is 18.7. The van der Waals surface area contributed by atoms with Gasteiger partial charge in [-0.15, -0.1) is 0 Å². The summed E-state index contributed by atoms with van der Waals surface area (Å²) in [5.41, 5.74) is 2.18. The van der Waals surface area contributed by atoms with Crippen molar-refractivity contribution in [2.75, 3.05) is 25.0 Å². The van der Waals surface area contributed by atoms with Gasteiger partial charge < -0.3 is 15.3 Å². The summed E-state index contributed by atoms with van der Waals surface area (Å²) in [7, 11) is 3.65. The fourth-order valence-electron chi connectivity index (χ4n) is 4.24. The number of aliphatic hydroxyl groups excluding tert-OH is 1. The van der Waals surface area contributed by atoms with Gasteiger partial charge >= 0.3 is 0 Å². The Morgan fingerprint density at radius 2 is 1.85 bits per heavy atom. The van der Waals surface area contributed by atoms with Crippen molar-refractivity contribution in [1.82, 2.24) is 14.9 Å². The lowest BCUT2D eigenvalue weighted by Crippen LogP contribution is -2.43. The minimum atomic E-state index is -0.657. The van der Waals surface area contributed by atoms with Crippen LogP contribution in [0.5, 0.6) is 0 Å². The molecule has 4 rings (SSSR count). The molecule has 1 saturated heterocycles. The number of rotatable bonds is 5. The van der Waals surface area contributed by atoms with Gasteiger partial charge in [0.15, 0.2) is 0 Å². The van der Waals surface area contributed by atoms with Crippen molar-refractivity contribution < 1.29 is 9.50 Å². The largest absolute Gasteiger partial charge is 0.392 e. The van der Waals surface area contributed by atoms with Gasteiger partial charge in [-0.2, -0.15) is 5.26 Å².